The first-order chi connectivity index (χ1) is 11.8. The zero-order valence-corrected chi connectivity index (χ0v) is 14.1. The van der Waals surface area contributed by atoms with Crippen molar-refractivity contribution < 1.29 is 4.42 Å². The van der Waals surface area contributed by atoms with Crippen molar-refractivity contribution in [3.8, 4) is 0 Å². The Morgan fingerprint density at radius 1 is 1.00 bits per heavy atom. The molecule has 1 fully saturated rings. The molecule has 3 heteroatoms. The van der Waals surface area contributed by atoms with E-state index in [4.69, 9.17) is 4.42 Å². The van der Waals surface area contributed by atoms with Gasteiger partial charge in [0, 0.05) is 11.4 Å². The van der Waals surface area contributed by atoms with Crippen molar-refractivity contribution in [1.29, 1.82) is 0 Å². The Morgan fingerprint density at radius 2 is 1.71 bits per heavy atom. The minimum absolute atomic E-state index is 0.104. The number of benzene rings is 2. The van der Waals surface area contributed by atoms with Crippen LogP contribution >= 0.6 is 0 Å². The molecule has 0 bridgehead atoms. The smallest absolute Gasteiger partial charge is 0.134 e. The van der Waals surface area contributed by atoms with E-state index in [0.717, 1.165) is 24.4 Å². The van der Waals surface area contributed by atoms with Gasteiger partial charge in [-0.3, -0.25) is 0 Å². The van der Waals surface area contributed by atoms with Crippen molar-refractivity contribution in [3.05, 3.63) is 72.0 Å². The van der Waals surface area contributed by atoms with E-state index in [0.29, 0.717) is 6.04 Å². The summed E-state index contributed by atoms with van der Waals surface area (Å²) in [4.78, 5) is 2.40. The maximum Gasteiger partial charge on any atom is 0.134 e. The van der Waals surface area contributed by atoms with E-state index in [9.17, 15) is 0 Å². The van der Waals surface area contributed by atoms with Crippen molar-refractivity contribution in [2.75, 3.05) is 20.1 Å². The van der Waals surface area contributed by atoms with Gasteiger partial charge in [-0.1, -0.05) is 48.5 Å². The van der Waals surface area contributed by atoms with E-state index in [2.05, 4.69) is 65.8 Å². The molecule has 24 heavy (non-hydrogen) atoms. The quantitative estimate of drug-likeness (QED) is 0.781. The number of furan rings is 1. The lowest BCUT2D eigenvalue weighted by Crippen LogP contribution is -2.42. The highest BCUT2D eigenvalue weighted by Crippen LogP contribution is 2.29. The molecule has 2 heterocycles. The van der Waals surface area contributed by atoms with Gasteiger partial charge in [0.2, 0.25) is 0 Å². The molecule has 1 aliphatic rings. The topological polar surface area (TPSA) is 28.4 Å². The highest BCUT2D eigenvalue weighted by atomic mass is 16.3. The molecule has 0 aliphatic carbocycles. The number of nitrogens with one attached hydrogen (secondary N) is 1. The predicted molar refractivity (Wildman–Crippen MR) is 98.2 cm³/mol. The number of nitrogens with zero attached hydrogens (tertiary/aromatic N) is 1. The van der Waals surface area contributed by atoms with Gasteiger partial charge in [0.1, 0.15) is 11.3 Å². The van der Waals surface area contributed by atoms with Gasteiger partial charge in [0.05, 0.1) is 6.04 Å². The molecule has 1 aromatic heterocycles. The summed E-state index contributed by atoms with van der Waals surface area (Å²) < 4.78 is 6.17. The summed E-state index contributed by atoms with van der Waals surface area (Å²) in [6, 6.07) is 21.7. The highest BCUT2D eigenvalue weighted by molar-refractivity contribution is 5.78. The average Bonchev–Trinajstić information content (AvgIpc) is 3.06. The molecule has 3 nitrogen and oxygen atoms in total. The van der Waals surface area contributed by atoms with Crippen molar-refractivity contribution in [1.82, 2.24) is 10.2 Å². The van der Waals surface area contributed by atoms with Gasteiger partial charge in [-0.05, 0) is 50.7 Å². The molecule has 4 rings (SSSR count). The summed E-state index contributed by atoms with van der Waals surface area (Å²) >= 11 is 0. The van der Waals surface area contributed by atoms with E-state index >= 15 is 0 Å². The zero-order valence-electron chi connectivity index (χ0n) is 14.1. The third-order valence-electron chi connectivity index (χ3n) is 4.98. The first kappa shape index (κ1) is 15.4. The second-order valence-electron chi connectivity index (χ2n) is 6.77. The molecule has 1 aliphatic heterocycles. The number of hydrogen-bond donors (Lipinski definition) is 1. The van der Waals surface area contributed by atoms with Crippen LogP contribution in [0.25, 0.3) is 11.0 Å². The lowest BCUT2D eigenvalue weighted by Gasteiger charge is -2.32. The molecule has 124 valence electrons. The Balaban J connectivity index is 1.65. The van der Waals surface area contributed by atoms with Gasteiger partial charge in [0.25, 0.3) is 0 Å². The van der Waals surface area contributed by atoms with Crippen LogP contribution in [0.15, 0.2) is 65.1 Å². The molecule has 3 aromatic rings. The lowest BCUT2D eigenvalue weighted by atomic mass is 9.99. The number of para-hydroxylation sites is 1. The first-order valence-corrected chi connectivity index (χ1v) is 8.77. The molecule has 0 amide bonds. The van der Waals surface area contributed by atoms with Gasteiger partial charge in [-0.25, -0.2) is 0 Å². The molecule has 0 spiro atoms. The molecule has 1 atom stereocenters. The molecule has 2 aromatic carbocycles. The predicted octanol–water partition coefficient (Wildman–Crippen LogP) is 4.21. The fourth-order valence-electron chi connectivity index (χ4n) is 3.54. The molecule has 1 unspecified atom stereocenters. The highest BCUT2D eigenvalue weighted by Gasteiger charge is 2.24. The standard InChI is InChI=1S/C21H24N2O/c1-23-13-11-18(12-14-23)22-21(16-7-3-2-4-8-16)20-15-17-9-5-6-10-19(17)24-20/h2-10,15,18,21-22H,11-14H2,1H3. The fraction of sp³-hybridized carbons (Fsp3) is 0.333. The van der Waals surface area contributed by atoms with E-state index in [-0.39, 0.29) is 6.04 Å². The van der Waals surface area contributed by atoms with Crippen LogP contribution in [-0.4, -0.2) is 31.1 Å². The van der Waals surface area contributed by atoms with Crippen molar-refractivity contribution >= 4 is 11.0 Å². The Labute approximate surface area is 143 Å². The van der Waals surface area contributed by atoms with Gasteiger partial charge in [0.15, 0.2) is 0 Å². The second kappa shape index (κ2) is 6.80. The minimum Gasteiger partial charge on any atom is -0.459 e. The SMILES string of the molecule is CN1CCC(NC(c2ccccc2)c2cc3ccccc3o2)CC1. The summed E-state index contributed by atoms with van der Waals surface area (Å²) in [6.45, 7) is 2.30. The Kier molecular flexibility index (Phi) is 4.37. The Hall–Kier alpha value is -2.10. The Morgan fingerprint density at radius 3 is 2.46 bits per heavy atom. The first-order valence-electron chi connectivity index (χ1n) is 8.77. The van der Waals surface area contributed by atoms with Gasteiger partial charge < -0.3 is 14.6 Å². The van der Waals surface area contributed by atoms with Crippen LogP contribution in [0.4, 0.5) is 0 Å². The maximum atomic E-state index is 6.17. The van der Waals surface area contributed by atoms with Crippen molar-refractivity contribution in [2.24, 2.45) is 0 Å². The molecule has 0 saturated carbocycles. The van der Waals surface area contributed by atoms with Crippen molar-refractivity contribution in [2.45, 2.75) is 24.9 Å². The fourth-order valence-corrected chi connectivity index (χ4v) is 3.54. The average molecular weight is 320 g/mol. The van der Waals surface area contributed by atoms with Crippen molar-refractivity contribution in [3.63, 3.8) is 0 Å². The molecular weight excluding hydrogens is 296 g/mol. The molecule has 1 N–H and O–H groups in total. The van der Waals surface area contributed by atoms with E-state index < -0.39 is 0 Å². The third kappa shape index (κ3) is 3.23. The lowest BCUT2D eigenvalue weighted by molar-refractivity contribution is 0.225. The van der Waals surface area contributed by atoms with E-state index in [1.165, 1.54) is 23.8 Å². The molecular formula is C21H24N2O. The van der Waals surface area contributed by atoms with Crippen LogP contribution in [0.1, 0.15) is 30.2 Å². The largest absolute Gasteiger partial charge is 0.459 e. The number of likely N-dealkylation sites (tertiary alicyclic amines) is 1. The number of fused-ring (bicyclic) bond motifs is 1. The van der Waals surface area contributed by atoms with E-state index in [1.807, 2.05) is 12.1 Å². The van der Waals surface area contributed by atoms with Crippen LogP contribution in [0.5, 0.6) is 0 Å². The summed E-state index contributed by atoms with van der Waals surface area (Å²) in [5.74, 6) is 1.00. The summed E-state index contributed by atoms with van der Waals surface area (Å²) in [7, 11) is 2.20. The van der Waals surface area contributed by atoms with Gasteiger partial charge in [-0.2, -0.15) is 0 Å². The molecule has 1 saturated heterocycles. The monoisotopic (exact) mass is 320 g/mol. The summed E-state index contributed by atoms with van der Waals surface area (Å²) in [5.41, 5.74) is 2.22. The number of rotatable bonds is 4. The number of piperidine rings is 1. The van der Waals surface area contributed by atoms with Gasteiger partial charge in [-0.15, -0.1) is 0 Å². The van der Waals surface area contributed by atoms with Crippen LogP contribution < -0.4 is 5.32 Å². The molecule has 0 radical (unpaired) electrons. The van der Waals surface area contributed by atoms with Crippen LogP contribution in [-0.2, 0) is 0 Å². The second-order valence-corrected chi connectivity index (χ2v) is 6.77. The maximum absolute atomic E-state index is 6.17. The van der Waals surface area contributed by atoms with E-state index in [1.54, 1.807) is 0 Å². The summed E-state index contributed by atoms with van der Waals surface area (Å²) in [6.07, 6.45) is 2.36. The van der Waals surface area contributed by atoms with Crippen LogP contribution in [0.2, 0.25) is 0 Å². The zero-order chi connectivity index (χ0) is 16.4. The third-order valence-corrected chi connectivity index (χ3v) is 4.98. The van der Waals surface area contributed by atoms with Crippen LogP contribution in [0.3, 0.4) is 0 Å². The minimum atomic E-state index is 0.104. The van der Waals surface area contributed by atoms with Crippen LogP contribution in [0, 0.1) is 0 Å². The summed E-state index contributed by atoms with van der Waals surface area (Å²) in [5, 5.41) is 5.01. The Bertz CT molecular complexity index is 755. The normalized spacial score (nSPS) is 18.0. The number of hydrogen-bond acceptors (Lipinski definition) is 3. The van der Waals surface area contributed by atoms with Gasteiger partial charge >= 0.3 is 0 Å².